The van der Waals surface area contributed by atoms with E-state index in [2.05, 4.69) is 20.7 Å². The van der Waals surface area contributed by atoms with E-state index in [1.165, 1.54) is 0 Å². The monoisotopic (exact) mass is 382 g/mol. The van der Waals surface area contributed by atoms with Crippen molar-refractivity contribution in [3.8, 4) is 5.75 Å². The fourth-order valence-corrected chi connectivity index (χ4v) is 2.48. The lowest BCUT2D eigenvalue weighted by molar-refractivity contribution is -0.275. The van der Waals surface area contributed by atoms with Gasteiger partial charge in [-0.1, -0.05) is 22.0 Å². The van der Waals surface area contributed by atoms with E-state index in [4.69, 9.17) is 0 Å². The van der Waals surface area contributed by atoms with Crippen LogP contribution in [0.4, 0.5) is 26.3 Å². The zero-order valence-electron chi connectivity index (χ0n) is 9.82. The van der Waals surface area contributed by atoms with Crippen LogP contribution in [0.5, 0.6) is 5.75 Å². The van der Waals surface area contributed by atoms with E-state index in [-0.39, 0.29) is 16.9 Å². The summed E-state index contributed by atoms with van der Waals surface area (Å²) in [6, 6.07) is 3.25. The van der Waals surface area contributed by atoms with Crippen LogP contribution in [0, 0.1) is 0 Å². The van der Waals surface area contributed by atoms with Crippen molar-refractivity contribution < 1.29 is 31.1 Å². The van der Waals surface area contributed by atoms with Crippen LogP contribution >= 0.6 is 27.7 Å². The molecule has 0 saturated heterocycles. The lowest BCUT2D eigenvalue weighted by Crippen LogP contribution is -2.18. The van der Waals surface area contributed by atoms with Gasteiger partial charge in [0.2, 0.25) is 0 Å². The molecule has 0 N–H and O–H groups in total. The largest absolute Gasteiger partial charge is 0.573 e. The zero-order chi connectivity index (χ0) is 15.4. The Morgan fingerprint density at radius 3 is 2.25 bits per heavy atom. The summed E-state index contributed by atoms with van der Waals surface area (Å²) in [5.41, 5.74) is -4.66. The van der Waals surface area contributed by atoms with Crippen molar-refractivity contribution in [2.24, 2.45) is 0 Å². The molecule has 1 nitrogen and oxygen atoms in total. The van der Waals surface area contributed by atoms with Crippen LogP contribution in [0.1, 0.15) is 12.0 Å². The molecule has 1 aromatic rings. The highest BCUT2D eigenvalue weighted by atomic mass is 79.9. The third kappa shape index (κ3) is 6.25. The molecule has 0 atom stereocenters. The second-order valence-corrected chi connectivity index (χ2v) is 5.52. The Morgan fingerprint density at radius 1 is 1.10 bits per heavy atom. The van der Waals surface area contributed by atoms with Crippen molar-refractivity contribution in [3.05, 3.63) is 23.8 Å². The third-order valence-corrected chi connectivity index (χ3v) is 3.50. The van der Waals surface area contributed by atoms with Crippen LogP contribution < -0.4 is 4.74 Å². The van der Waals surface area contributed by atoms with Crippen LogP contribution in [0.2, 0.25) is 0 Å². The van der Waals surface area contributed by atoms with E-state index in [1.54, 1.807) is 0 Å². The summed E-state index contributed by atoms with van der Waals surface area (Å²) >= 11 is 2.64. The second-order valence-electron chi connectivity index (χ2n) is 3.62. The Kier molecular flexibility index (Phi) is 6.06. The summed E-state index contributed by atoms with van der Waals surface area (Å²) in [5.74, 6) is -0.590. The molecule has 0 amide bonds. The Labute approximate surface area is 123 Å². The predicted octanol–water partition coefficient (Wildman–Crippen LogP) is 5.52. The summed E-state index contributed by atoms with van der Waals surface area (Å²) in [6.07, 6.45) is -4.50. The minimum Gasteiger partial charge on any atom is -0.405 e. The molecule has 0 fully saturated rings. The van der Waals surface area contributed by atoms with Crippen molar-refractivity contribution in [3.63, 3.8) is 0 Å². The first-order valence-electron chi connectivity index (χ1n) is 5.32. The third-order valence-electron chi connectivity index (χ3n) is 2.10. The molecule has 0 aliphatic carbocycles. The van der Waals surface area contributed by atoms with Gasteiger partial charge in [-0.05, 0) is 36.7 Å². The fourth-order valence-electron chi connectivity index (χ4n) is 1.48. The number of thioether (sulfide) groups is 1. The Bertz CT molecular complexity index is 411. The molecule has 0 aliphatic rings. The fraction of sp³-hybridized carbons (Fsp3) is 0.455. The molecule has 9 heteroatoms. The van der Waals surface area contributed by atoms with E-state index in [9.17, 15) is 26.3 Å². The van der Waals surface area contributed by atoms with E-state index in [0.29, 0.717) is 11.8 Å². The van der Waals surface area contributed by atoms with E-state index in [0.717, 1.165) is 18.2 Å². The van der Waals surface area contributed by atoms with Crippen LogP contribution in [0.25, 0.3) is 0 Å². The average molecular weight is 383 g/mol. The molecule has 0 bridgehead atoms. The van der Waals surface area contributed by atoms with Crippen molar-refractivity contribution in [2.45, 2.75) is 29.6 Å². The van der Waals surface area contributed by atoms with Gasteiger partial charge in [0.25, 0.3) is 0 Å². The number of rotatable bonds is 5. The first kappa shape index (κ1) is 17.5. The van der Waals surface area contributed by atoms with Gasteiger partial charge in [-0.3, -0.25) is 0 Å². The first-order valence-corrected chi connectivity index (χ1v) is 7.25. The smallest absolute Gasteiger partial charge is 0.405 e. The quantitative estimate of drug-likeness (QED) is 0.376. The Hall–Kier alpha value is -0.570. The van der Waals surface area contributed by atoms with Gasteiger partial charge in [-0.2, -0.15) is 13.2 Å². The molecule has 0 spiro atoms. The second kappa shape index (κ2) is 6.93. The molecule has 0 heterocycles. The van der Waals surface area contributed by atoms with Gasteiger partial charge in [0.05, 0.1) is 0 Å². The number of halogens is 7. The van der Waals surface area contributed by atoms with Crippen LogP contribution in [0.3, 0.4) is 0 Å². The minimum atomic E-state index is -4.94. The summed E-state index contributed by atoms with van der Waals surface area (Å²) in [4.78, 5) is -0.278. The molecule has 20 heavy (non-hydrogen) atoms. The van der Waals surface area contributed by atoms with E-state index in [1.807, 2.05) is 0 Å². The highest BCUT2D eigenvalue weighted by Crippen LogP contribution is 2.42. The first-order chi connectivity index (χ1) is 9.12. The molecule has 0 aromatic heterocycles. The number of benzene rings is 1. The maximum atomic E-state index is 12.4. The summed E-state index contributed by atoms with van der Waals surface area (Å²) < 4.78 is 77.8. The molecule has 114 valence electrons. The lowest BCUT2D eigenvalue weighted by Gasteiger charge is -2.17. The van der Waals surface area contributed by atoms with Gasteiger partial charge in [0.1, 0.15) is 5.75 Å². The van der Waals surface area contributed by atoms with E-state index < -0.39 is 29.4 Å². The topological polar surface area (TPSA) is 9.23 Å². The number of hydrogen-bond acceptors (Lipinski definition) is 2. The van der Waals surface area contributed by atoms with Crippen molar-refractivity contribution in [1.82, 2.24) is 0 Å². The van der Waals surface area contributed by atoms with Crippen LogP contribution in [-0.4, -0.2) is 17.2 Å². The zero-order valence-corrected chi connectivity index (χ0v) is 12.2. The van der Waals surface area contributed by atoms with Gasteiger partial charge >= 0.3 is 11.9 Å². The van der Waals surface area contributed by atoms with Crippen LogP contribution in [0.15, 0.2) is 23.1 Å². The maximum Gasteiger partial charge on any atom is 0.573 e. The number of hydrogen-bond donors (Lipinski definition) is 0. The lowest BCUT2D eigenvalue weighted by atomic mass is 10.1. The summed E-state index contributed by atoms with van der Waals surface area (Å²) in [6.45, 7) is 0. The minimum absolute atomic E-state index is 0.0515. The van der Waals surface area contributed by atoms with Crippen LogP contribution in [-0.2, 0) is 6.42 Å². The molecule has 1 aromatic carbocycles. The van der Waals surface area contributed by atoms with Gasteiger partial charge in [-0.15, -0.1) is 13.2 Å². The molecule has 0 aliphatic heterocycles. The standard InChI is InChI=1S/C11H9BrF6OS/c12-6-2-3-7-8(19-10(13,14)15)4-1-5-9(7)20-11(16,17)18/h1,4-5H,2-3,6H2. The number of ether oxygens (including phenoxy) is 1. The molecule has 0 saturated carbocycles. The van der Waals surface area contributed by atoms with Gasteiger partial charge in [0.15, 0.2) is 0 Å². The number of alkyl halides is 7. The average Bonchev–Trinajstić information content (AvgIpc) is 2.24. The normalized spacial score (nSPS) is 12.6. The summed E-state index contributed by atoms with van der Waals surface area (Å²) in [7, 11) is 0. The molecule has 0 unspecified atom stereocenters. The molecule has 1 rings (SSSR count). The van der Waals surface area contributed by atoms with Gasteiger partial charge in [0, 0.05) is 15.8 Å². The SMILES string of the molecule is FC(F)(F)Oc1cccc(SC(F)(F)F)c1CCCBr. The molecular weight excluding hydrogens is 374 g/mol. The highest BCUT2D eigenvalue weighted by Gasteiger charge is 2.34. The van der Waals surface area contributed by atoms with Gasteiger partial charge in [-0.25, -0.2) is 0 Å². The highest BCUT2D eigenvalue weighted by molar-refractivity contribution is 9.09. The maximum absolute atomic E-state index is 12.4. The Balaban J connectivity index is 3.12. The van der Waals surface area contributed by atoms with Crippen molar-refractivity contribution in [1.29, 1.82) is 0 Å². The molecule has 0 radical (unpaired) electrons. The van der Waals surface area contributed by atoms with E-state index >= 15 is 0 Å². The van der Waals surface area contributed by atoms with Crippen molar-refractivity contribution >= 4 is 27.7 Å². The van der Waals surface area contributed by atoms with Crippen molar-refractivity contribution in [2.75, 3.05) is 5.33 Å². The van der Waals surface area contributed by atoms with Gasteiger partial charge < -0.3 is 4.74 Å². The predicted molar refractivity (Wildman–Crippen MR) is 67.2 cm³/mol. The summed E-state index contributed by atoms with van der Waals surface area (Å²) in [5, 5.41) is 0.462. The Morgan fingerprint density at radius 2 is 1.75 bits per heavy atom. The molecular formula is C11H9BrF6OS.